The van der Waals surface area contributed by atoms with Crippen LogP contribution in [0.2, 0.25) is 0 Å². The molecule has 0 amide bonds. The van der Waals surface area contributed by atoms with E-state index in [-0.39, 0.29) is 51.0 Å². The van der Waals surface area contributed by atoms with E-state index < -0.39 is 0 Å². The van der Waals surface area contributed by atoms with Crippen molar-refractivity contribution in [3.63, 3.8) is 0 Å². The Morgan fingerprint density at radius 3 is 2.00 bits per heavy atom. The van der Waals surface area contributed by atoms with Crippen molar-refractivity contribution in [2.45, 2.75) is 13.2 Å². The predicted octanol–water partition coefficient (Wildman–Crippen LogP) is 4.34. The molecule has 0 spiro atoms. The fraction of sp³-hybridized carbons (Fsp3) is 0.250. The van der Waals surface area contributed by atoms with Gasteiger partial charge in [-0.3, -0.25) is 9.59 Å². The predicted molar refractivity (Wildman–Crippen MR) is 109 cm³/mol. The maximum Gasteiger partial charge on any atom is 0.323 e. The van der Waals surface area contributed by atoms with Crippen LogP contribution in [0.3, 0.4) is 0 Å². The van der Waals surface area contributed by atoms with Crippen molar-refractivity contribution in [2.75, 3.05) is 18.6 Å². The van der Waals surface area contributed by atoms with E-state index in [9.17, 15) is 14.4 Å². The molecular formula is C20H16BrO6P. The van der Waals surface area contributed by atoms with Crippen molar-refractivity contribution in [3.8, 4) is 22.6 Å². The summed E-state index contributed by atoms with van der Waals surface area (Å²) in [6, 6.07) is 7.01. The zero-order valence-electron chi connectivity index (χ0n) is 15.0. The second kappa shape index (κ2) is 7.64. The summed E-state index contributed by atoms with van der Waals surface area (Å²) in [4.78, 5) is 35.8. The second-order valence-corrected chi connectivity index (χ2v) is 7.87. The van der Waals surface area contributed by atoms with Crippen LogP contribution in [0.5, 0.6) is 11.5 Å². The molecule has 0 bridgehead atoms. The molecule has 2 aliphatic rings. The summed E-state index contributed by atoms with van der Waals surface area (Å²) < 4.78 is 16.7. The Morgan fingerprint density at radius 2 is 1.50 bits per heavy atom. The lowest BCUT2D eigenvalue weighted by Crippen LogP contribution is -2.18. The molecule has 0 saturated carbocycles. The van der Waals surface area contributed by atoms with Crippen molar-refractivity contribution >= 4 is 41.8 Å². The lowest BCUT2D eigenvalue weighted by molar-refractivity contribution is 0.0876. The van der Waals surface area contributed by atoms with Crippen LogP contribution >= 0.6 is 24.5 Å². The molecule has 0 saturated heterocycles. The molecule has 28 heavy (non-hydrogen) atoms. The van der Waals surface area contributed by atoms with Gasteiger partial charge >= 0.3 is 5.71 Å². The smallest absolute Gasteiger partial charge is 0.323 e. The normalized spacial score (nSPS) is 13.5. The molecule has 0 fully saturated rings. The van der Waals surface area contributed by atoms with Crippen LogP contribution in [0, 0.1) is 0 Å². The van der Waals surface area contributed by atoms with Gasteiger partial charge < -0.3 is 14.2 Å². The standard InChI is InChI=1S/C20H16BrO6P/c1-28-20(24)27-9-15(23)11-3-13-8-25-16-4-10(14(22)6-21)2-12-7-26-17(5-11)19(13)18(12)16/h2-5,28H,6-9H2,1H3. The largest absolute Gasteiger partial charge is 0.488 e. The van der Waals surface area contributed by atoms with E-state index in [1.54, 1.807) is 24.9 Å². The monoisotopic (exact) mass is 462 g/mol. The van der Waals surface area contributed by atoms with Crippen molar-refractivity contribution in [3.05, 3.63) is 46.5 Å². The molecule has 1 unspecified atom stereocenters. The maximum atomic E-state index is 12.4. The van der Waals surface area contributed by atoms with Crippen molar-refractivity contribution in [2.24, 2.45) is 0 Å². The number of alkyl halides is 1. The van der Waals surface area contributed by atoms with Gasteiger partial charge in [0.15, 0.2) is 18.2 Å². The van der Waals surface area contributed by atoms with Crippen molar-refractivity contribution in [1.82, 2.24) is 0 Å². The molecule has 4 rings (SSSR count). The fourth-order valence-electron chi connectivity index (χ4n) is 3.37. The lowest BCUT2D eigenvalue weighted by atomic mass is 9.87. The highest BCUT2D eigenvalue weighted by Crippen LogP contribution is 2.49. The average Bonchev–Trinajstić information content (AvgIpc) is 2.74. The first-order valence-corrected chi connectivity index (χ1v) is 11.2. The lowest BCUT2D eigenvalue weighted by Gasteiger charge is -2.30. The van der Waals surface area contributed by atoms with E-state index in [4.69, 9.17) is 14.2 Å². The van der Waals surface area contributed by atoms with E-state index in [1.165, 1.54) is 0 Å². The Bertz CT molecular complexity index is 966. The number of rotatable bonds is 6. The topological polar surface area (TPSA) is 78.9 Å². The molecule has 2 heterocycles. The van der Waals surface area contributed by atoms with E-state index in [0.717, 1.165) is 22.3 Å². The second-order valence-electron chi connectivity index (χ2n) is 6.40. The number of carbonyl (C=O) groups excluding carboxylic acids is 3. The molecule has 2 aromatic carbocycles. The molecule has 8 heteroatoms. The maximum absolute atomic E-state index is 12.4. The third-order valence-electron chi connectivity index (χ3n) is 4.69. The highest BCUT2D eigenvalue weighted by atomic mass is 79.9. The number of ketones is 2. The third-order valence-corrected chi connectivity index (χ3v) is 5.75. The molecule has 144 valence electrons. The van der Waals surface area contributed by atoms with Gasteiger partial charge in [0.1, 0.15) is 24.7 Å². The molecule has 0 aromatic heterocycles. The SMILES string of the molecule is CPC(=O)OCC(=O)c1cc2c3c(c1)OCc1cc(C(=O)CBr)cc(c1-3)OC2. The minimum atomic E-state index is -0.389. The quantitative estimate of drug-likeness (QED) is 0.360. The summed E-state index contributed by atoms with van der Waals surface area (Å²) in [5.41, 5.74) is 4.12. The Balaban J connectivity index is 1.72. The highest BCUT2D eigenvalue weighted by Gasteiger charge is 2.30. The molecule has 0 aliphatic carbocycles. The first-order chi connectivity index (χ1) is 13.5. The van der Waals surface area contributed by atoms with Crippen LogP contribution in [0.1, 0.15) is 31.8 Å². The molecule has 6 nitrogen and oxygen atoms in total. The first kappa shape index (κ1) is 19.1. The zero-order valence-corrected chi connectivity index (χ0v) is 17.6. The first-order valence-electron chi connectivity index (χ1n) is 8.58. The average molecular weight is 463 g/mol. The van der Waals surface area contributed by atoms with Crippen LogP contribution in [0.4, 0.5) is 4.79 Å². The van der Waals surface area contributed by atoms with Crippen LogP contribution in [-0.4, -0.2) is 35.9 Å². The molecule has 0 N–H and O–H groups in total. The fourth-order valence-corrected chi connectivity index (χ4v) is 3.91. The summed E-state index contributed by atoms with van der Waals surface area (Å²) in [7, 11) is -0.00937. The van der Waals surface area contributed by atoms with Gasteiger partial charge in [0, 0.05) is 33.4 Å². The summed E-state index contributed by atoms with van der Waals surface area (Å²) in [6.45, 7) is 1.96. The van der Waals surface area contributed by atoms with E-state index in [0.29, 0.717) is 22.6 Å². The van der Waals surface area contributed by atoms with Crippen LogP contribution in [0.25, 0.3) is 11.1 Å². The summed E-state index contributed by atoms with van der Waals surface area (Å²) in [5.74, 6) is 0.934. The van der Waals surface area contributed by atoms with Gasteiger partial charge in [-0.2, -0.15) is 0 Å². The van der Waals surface area contributed by atoms with Gasteiger partial charge in [0.05, 0.1) is 5.33 Å². The molecule has 1 atom stereocenters. The molecule has 2 aliphatic heterocycles. The van der Waals surface area contributed by atoms with Gasteiger partial charge in [0.25, 0.3) is 0 Å². The van der Waals surface area contributed by atoms with E-state index in [1.807, 2.05) is 6.07 Å². The Morgan fingerprint density at radius 1 is 0.964 bits per heavy atom. The van der Waals surface area contributed by atoms with Crippen LogP contribution < -0.4 is 9.47 Å². The zero-order chi connectivity index (χ0) is 19.8. The molecular weight excluding hydrogens is 447 g/mol. The van der Waals surface area contributed by atoms with Crippen molar-refractivity contribution in [1.29, 1.82) is 0 Å². The highest BCUT2D eigenvalue weighted by molar-refractivity contribution is 9.09. The minimum Gasteiger partial charge on any atom is -0.488 e. The number of ether oxygens (including phenoxy) is 3. The molecule has 2 aromatic rings. The van der Waals surface area contributed by atoms with Gasteiger partial charge in [-0.1, -0.05) is 15.9 Å². The van der Waals surface area contributed by atoms with Gasteiger partial charge in [-0.05, 0) is 39.5 Å². The van der Waals surface area contributed by atoms with Gasteiger partial charge in [-0.25, -0.2) is 4.79 Å². The number of hydrogen-bond acceptors (Lipinski definition) is 6. The van der Waals surface area contributed by atoms with Crippen molar-refractivity contribution < 1.29 is 28.6 Å². The van der Waals surface area contributed by atoms with Crippen LogP contribution in [0.15, 0.2) is 24.3 Å². The van der Waals surface area contributed by atoms with Gasteiger partial charge in [0.2, 0.25) is 0 Å². The van der Waals surface area contributed by atoms with E-state index in [2.05, 4.69) is 15.9 Å². The molecule has 0 radical (unpaired) electrons. The van der Waals surface area contributed by atoms with Gasteiger partial charge in [-0.15, -0.1) is 0 Å². The minimum absolute atomic E-state index is 0.00937. The Labute approximate surface area is 171 Å². The number of hydrogen-bond donors (Lipinski definition) is 0. The van der Waals surface area contributed by atoms with E-state index >= 15 is 0 Å². The third kappa shape index (κ3) is 3.33. The number of halogens is 1. The number of benzene rings is 2. The summed E-state index contributed by atoms with van der Waals surface area (Å²) in [5, 5.41) is 0.239. The Kier molecular flexibility index (Phi) is 5.21. The summed E-state index contributed by atoms with van der Waals surface area (Å²) >= 11 is 3.19. The number of carbonyl (C=O) groups is 3. The van der Waals surface area contributed by atoms with Crippen LogP contribution in [-0.2, 0) is 18.0 Å². The summed E-state index contributed by atoms with van der Waals surface area (Å²) in [6.07, 6.45) is 0. The number of Topliss-reactive ketones (excluding diaryl/α,β-unsaturated/α-hetero) is 2. The Hall–Kier alpha value is -2.24.